The van der Waals surface area contributed by atoms with E-state index >= 15 is 0 Å². The van der Waals surface area contributed by atoms with E-state index in [0.29, 0.717) is 45.4 Å². The quantitative estimate of drug-likeness (QED) is 0.800. The number of nitrogens with zero attached hydrogens (tertiary/aromatic N) is 2. The molecule has 1 unspecified atom stereocenters. The van der Waals surface area contributed by atoms with Crippen molar-refractivity contribution in [3.05, 3.63) is 29.8 Å². The molecule has 0 bridgehead atoms. The first-order valence-electron chi connectivity index (χ1n) is 10.7. The molecule has 2 aliphatic rings. The van der Waals surface area contributed by atoms with Crippen LogP contribution in [0.4, 0.5) is 0 Å². The van der Waals surface area contributed by atoms with Gasteiger partial charge in [-0.2, -0.15) is 0 Å². The highest BCUT2D eigenvalue weighted by Gasteiger charge is 2.41. The fourth-order valence-electron chi connectivity index (χ4n) is 4.22. The molecule has 30 heavy (non-hydrogen) atoms. The monoisotopic (exact) mass is 415 g/mol. The number of rotatable bonds is 5. The normalized spacial score (nSPS) is 20.4. The minimum Gasteiger partial charge on any atom is -0.497 e. The van der Waals surface area contributed by atoms with Crippen LogP contribution in [-0.2, 0) is 20.9 Å². The molecule has 1 aromatic rings. The predicted molar refractivity (Wildman–Crippen MR) is 114 cm³/mol. The lowest BCUT2D eigenvalue weighted by molar-refractivity contribution is -0.139. The van der Waals surface area contributed by atoms with Crippen LogP contribution in [0, 0.1) is 11.8 Å². The molecular weight excluding hydrogens is 382 g/mol. The third kappa shape index (κ3) is 5.12. The van der Waals surface area contributed by atoms with Crippen LogP contribution in [0.15, 0.2) is 24.3 Å². The fourth-order valence-corrected chi connectivity index (χ4v) is 4.22. The van der Waals surface area contributed by atoms with Gasteiger partial charge in [0.15, 0.2) is 0 Å². The van der Waals surface area contributed by atoms with Crippen LogP contribution in [0.3, 0.4) is 0 Å². The molecule has 0 aliphatic carbocycles. The van der Waals surface area contributed by atoms with Gasteiger partial charge in [-0.3, -0.25) is 14.4 Å². The molecule has 2 heterocycles. The molecule has 2 fully saturated rings. The molecule has 1 N–H and O–H groups in total. The summed E-state index contributed by atoms with van der Waals surface area (Å²) in [6.45, 7) is 8.09. The van der Waals surface area contributed by atoms with Crippen molar-refractivity contribution in [2.45, 2.75) is 52.1 Å². The van der Waals surface area contributed by atoms with Crippen LogP contribution in [0.5, 0.6) is 5.75 Å². The molecule has 164 valence electrons. The van der Waals surface area contributed by atoms with Crippen molar-refractivity contribution in [3.63, 3.8) is 0 Å². The molecule has 2 aliphatic heterocycles. The Hall–Kier alpha value is -2.57. The van der Waals surface area contributed by atoms with E-state index in [4.69, 9.17) is 4.74 Å². The van der Waals surface area contributed by atoms with E-state index in [-0.39, 0.29) is 35.1 Å². The second-order valence-corrected chi connectivity index (χ2v) is 9.24. The Bertz CT molecular complexity index is 777. The summed E-state index contributed by atoms with van der Waals surface area (Å²) >= 11 is 0. The average Bonchev–Trinajstić information content (AvgIpc) is 3.14. The number of carbonyl (C=O) groups excluding carboxylic acids is 3. The lowest BCUT2D eigenvalue weighted by Gasteiger charge is -2.34. The zero-order valence-corrected chi connectivity index (χ0v) is 18.4. The van der Waals surface area contributed by atoms with Gasteiger partial charge in [-0.05, 0) is 51.3 Å². The molecule has 1 atom stereocenters. The molecule has 3 rings (SSSR count). The second kappa shape index (κ2) is 9.06. The van der Waals surface area contributed by atoms with Gasteiger partial charge < -0.3 is 19.9 Å². The predicted octanol–water partition coefficient (Wildman–Crippen LogP) is 2.20. The summed E-state index contributed by atoms with van der Waals surface area (Å²) in [6.07, 6.45) is 1.60. The topological polar surface area (TPSA) is 79.0 Å². The summed E-state index contributed by atoms with van der Waals surface area (Å²) in [6, 6.07) is 7.62. The first-order chi connectivity index (χ1) is 14.2. The number of nitrogens with one attached hydrogen (secondary N) is 1. The van der Waals surface area contributed by atoms with Crippen molar-refractivity contribution in [2.24, 2.45) is 11.8 Å². The van der Waals surface area contributed by atoms with Crippen LogP contribution < -0.4 is 10.1 Å². The van der Waals surface area contributed by atoms with Crippen LogP contribution >= 0.6 is 0 Å². The van der Waals surface area contributed by atoms with E-state index in [1.807, 2.05) is 49.9 Å². The number of likely N-dealkylation sites (tertiary alicyclic amines) is 2. The Morgan fingerprint density at radius 2 is 1.73 bits per heavy atom. The van der Waals surface area contributed by atoms with Crippen LogP contribution in [0.1, 0.15) is 45.6 Å². The zero-order chi connectivity index (χ0) is 21.9. The van der Waals surface area contributed by atoms with Gasteiger partial charge in [-0.15, -0.1) is 0 Å². The zero-order valence-electron chi connectivity index (χ0n) is 18.4. The van der Waals surface area contributed by atoms with Gasteiger partial charge in [-0.25, -0.2) is 0 Å². The Morgan fingerprint density at radius 3 is 2.27 bits per heavy atom. The largest absolute Gasteiger partial charge is 0.497 e. The molecule has 2 saturated heterocycles. The van der Waals surface area contributed by atoms with Gasteiger partial charge in [0.1, 0.15) is 5.75 Å². The SMILES string of the molecule is COc1ccc(CNC(=O)C2CCN(C(=O)C3CC(=O)N(C(C)(C)C)C3)CC2)cc1. The third-order valence-electron chi connectivity index (χ3n) is 6.09. The van der Waals surface area contributed by atoms with Gasteiger partial charge in [0.25, 0.3) is 0 Å². The highest BCUT2D eigenvalue weighted by atomic mass is 16.5. The first kappa shape index (κ1) is 22.1. The van der Waals surface area contributed by atoms with Gasteiger partial charge in [0, 0.05) is 44.1 Å². The molecular formula is C23H33N3O4. The number of amides is 3. The van der Waals surface area contributed by atoms with E-state index in [1.54, 1.807) is 12.0 Å². The van der Waals surface area contributed by atoms with E-state index in [9.17, 15) is 14.4 Å². The average molecular weight is 416 g/mol. The molecule has 0 saturated carbocycles. The number of hydrogen-bond donors (Lipinski definition) is 1. The lowest BCUT2D eigenvalue weighted by Crippen LogP contribution is -2.46. The number of benzene rings is 1. The summed E-state index contributed by atoms with van der Waals surface area (Å²) < 4.78 is 5.14. The van der Waals surface area contributed by atoms with E-state index < -0.39 is 0 Å². The standard InChI is InChI=1S/C23H33N3O4/c1-23(2,3)26-15-18(13-20(26)27)22(29)25-11-9-17(10-12-25)21(28)24-14-16-5-7-19(30-4)8-6-16/h5-8,17-18H,9-15H2,1-4H3,(H,24,28). The molecule has 7 nitrogen and oxygen atoms in total. The summed E-state index contributed by atoms with van der Waals surface area (Å²) in [4.78, 5) is 41.3. The third-order valence-corrected chi connectivity index (χ3v) is 6.09. The Labute approximate surface area is 178 Å². The molecule has 0 radical (unpaired) electrons. The van der Waals surface area contributed by atoms with E-state index in [0.717, 1.165) is 11.3 Å². The summed E-state index contributed by atoms with van der Waals surface area (Å²) in [7, 11) is 1.62. The van der Waals surface area contributed by atoms with Crippen LogP contribution in [0.2, 0.25) is 0 Å². The maximum atomic E-state index is 12.9. The second-order valence-electron chi connectivity index (χ2n) is 9.24. The van der Waals surface area contributed by atoms with E-state index in [2.05, 4.69) is 5.32 Å². The molecule has 3 amide bonds. The molecule has 1 aromatic carbocycles. The van der Waals surface area contributed by atoms with Crippen LogP contribution in [-0.4, -0.2) is 59.8 Å². The number of ether oxygens (including phenoxy) is 1. The Morgan fingerprint density at radius 1 is 1.10 bits per heavy atom. The maximum Gasteiger partial charge on any atom is 0.227 e. The summed E-state index contributed by atoms with van der Waals surface area (Å²) in [5, 5.41) is 3.00. The fraction of sp³-hybridized carbons (Fsp3) is 0.609. The van der Waals surface area contributed by atoms with Gasteiger partial charge >= 0.3 is 0 Å². The smallest absolute Gasteiger partial charge is 0.227 e. The first-order valence-corrected chi connectivity index (χ1v) is 10.7. The summed E-state index contributed by atoms with van der Waals surface area (Å²) in [5.41, 5.74) is 0.757. The minimum atomic E-state index is -0.267. The Kier molecular flexibility index (Phi) is 6.68. The minimum absolute atomic E-state index is 0.0351. The highest BCUT2D eigenvalue weighted by Crippen LogP contribution is 2.28. The molecule has 0 aromatic heterocycles. The van der Waals surface area contributed by atoms with Crippen molar-refractivity contribution in [3.8, 4) is 5.75 Å². The van der Waals surface area contributed by atoms with Crippen molar-refractivity contribution in [1.82, 2.24) is 15.1 Å². The van der Waals surface area contributed by atoms with Gasteiger partial charge in [0.05, 0.1) is 13.0 Å². The number of methoxy groups -OCH3 is 1. The Balaban J connectivity index is 1.45. The molecule has 7 heteroatoms. The van der Waals surface area contributed by atoms with Crippen molar-refractivity contribution in [2.75, 3.05) is 26.7 Å². The van der Waals surface area contributed by atoms with Crippen molar-refractivity contribution < 1.29 is 19.1 Å². The summed E-state index contributed by atoms with van der Waals surface area (Å²) in [5.74, 6) is 0.575. The number of carbonyl (C=O) groups is 3. The number of piperidine rings is 1. The van der Waals surface area contributed by atoms with Crippen molar-refractivity contribution in [1.29, 1.82) is 0 Å². The maximum absolute atomic E-state index is 12.9. The van der Waals surface area contributed by atoms with Crippen molar-refractivity contribution >= 4 is 17.7 Å². The number of hydrogen-bond acceptors (Lipinski definition) is 4. The highest BCUT2D eigenvalue weighted by molar-refractivity contribution is 5.90. The van der Waals surface area contributed by atoms with Gasteiger partial charge in [-0.1, -0.05) is 12.1 Å². The van der Waals surface area contributed by atoms with Crippen LogP contribution in [0.25, 0.3) is 0 Å². The van der Waals surface area contributed by atoms with Gasteiger partial charge in [0.2, 0.25) is 17.7 Å². The lowest BCUT2D eigenvalue weighted by atomic mass is 9.94. The molecule has 0 spiro atoms. The van der Waals surface area contributed by atoms with E-state index in [1.165, 1.54) is 0 Å².